The molecule has 0 aliphatic heterocycles. The number of hydrogen-bond donors (Lipinski definition) is 3. The first-order chi connectivity index (χ1) is 9.43. The Kier molecular flexibility index (Phi) is 5.30. The minimum atomic E-state index is -0.992. The normalized spacial score (nSPS) is 11.1. The molecule has 0 unspecified atom stereocenters. The SMILES string of the molecule is CC(NCc1ccc(C)cc1)=C(C#N)C(=O)NC(N)=O. The van der Waals surface area contributed by atoms with Crippen molar-refractivity contribution >= 4 is 11.9 Å². The molecule has 0 spiro atoms. The standard InChI is InChI=1S/C14H16N4O2/c1-9-3-5-11(6-4-9)8-17-10(2)12(7-15)13(19)18-14(16)20/h3-6,17H,8H2,1-2H3,(H3,16,18,19,20). The number of amides is 3. The summed E-state index contributed by atoms with van der Waals surface area (Å²) in [6, 6.07) is 8.60. The molecule has 1 aromatic rings. The topological polar surface area (TPSA) is 108 Å². The van der Waals surface area contributed by atoms with E-state index in [-0.39, 0.29) is 5.57 Å². The van der Waals surface area contributed by atoms with Crippen LogP contribution in [0.3, 0.4) is 0 Å². The van der Waals surface area contributed by atoms with Gasteiger partial charge in [0.2, 0.25) is 0 Å². The van der Waals surface area contributed by atoms with E-state index in [2.05, 4.69) is 5.32 Å². The number of nitrogens with one attached hydrogen (secondary N) is 2. The molecule has 0 fully saturated rings. The highest BCUT2D eigenvalue weighted by atomic mass is 16.2. The summed E-state index contributed by atoms with van der Waals surface area (Å²) in [6.45, 7) is 4.05. The van der Waals surface area contributed by atoms with E-state index in [1.807, 2.05) is 36.5 Å². The van der Waals surface area contributed by atoms with Crippen LogP contribution >= 0.6 is 0 Å². The summed E-state index contributed by atoms with van der Waals surface area (Å²) < 4.78 is 0. The van der Waals surface area contributed by atoms with Gasteiger partial charge in [-0.25, -0.2) is 4.79 Å². The number of nitriles is 1. The molecule has 20 heavy (non-hydrogen) atoms. The monoisotopic (exact) mass is 272 g/mol. The van der Waals surface area contributed by atoms with Gasteiger partial charge in [0.1, 0.15) is 11.6 Å². The molecule has 0 heterocycles. The van der Waals surface area contributed by atoms with Crippen LogP contribution < -0.4 is 16.4 Å². The van der Waals surface area contributed by atoms with Gasteiger partial charge >= 0.3 is 6.03 Å². The third-order valence-electron chi connectivity index (χ3n) is 2.63. The number of nitrogens with two attached hydrogens (primary N) is 1. The highest BCUT2D eigenvalue weighted by Crippen LogP contribution is 2.05. The second kappa shape index (κ2) is 6.95. The van der Waals surface area contributed by atoms with Gasteiger partial charge in [-0.1, -0.05) is 29.8 Å². The number of nitrogens with zero attached hydrogens (tertiary/aromatic N) is 1. The molecule has 0 aromatic heterocycles. The lowest BCUT2D eigenvalue weighted by Crippen LogP contribution is -2.36. The molecule has 3 amide bonds. The smallest absolute Gasteiger partial charge is 0.319 e. The molecule has 0 saturated heterocycles. The van der Waals surface area contributed by atoms with Gasteiger partial charge in [-0.2, -0.15) is 5.26 Å². The number of benzene rings is 1. The van der Waals surface area contributed by atoms with Crippen LogP contribution in [0.25, 0.3) is 0 Å². The number of carbonyl (C=O) groups is 2. The zero-order chi connectivity index (χ0) is 15.1. The third kappa shape index (κ3) is 4.46. The number of urea groups is 1. The van der Waals surface area contributed by atoms with Crippen LogP contribution in [0.4, 0.5) is 4.79 Å². The van der Waals surface area contributed by atoms with Gasteiger partial charge < -0.3 is 11.1 Å². The molecular weight excluding hydrogens is 256 g/mol. The summed E-state index contributed by atoms with van der Waals surface area (Å²) in [4.78, 5) is 22.2. The molecule has 1 rings (SSSR count). The van der Waals surface area contributed by atoms with Crippen LogP contribution in [0.5, 0.6) is 0 Å². The number of hydrogen-bond acceptors (Lipinski definition) is 4. The van der Waals surface area contributed by atoms with E-state index < -0.39 is 11.9 Å². The predicted octanol–water partition coefficient (Wildman–Crippen LogP) is 1.08. The average molecular weight is 272 g/mol. The summed E-state index contributed by atoms with van der Waals surface area (Å²) in [5, 5.41) is 13.8. The van der Waals surface area contributed by atoms with Crippen molar-refractivity contribution in [2.75, 3.05) is 0 Å². The Morgan fingerprint density at radius 3 is 2.40 bits per heavy atom. The summed E-state index contributed by atoms with van der Waals surface area (Å²) in [5.74, 6) is -0.811. The Bertz CT molecular complexity index is 582. The molecule has 6 heteroatoms. The molecule has 0 atom stereocenters. The zero-order valence-corrected chi connectivity index (χ0v) is 11.4. The molecular formula is C14H16N4O2. The predicted molar refractivity (Wildman–Crippen MR) is 74.1 cm³/mol. The molecule has 6 nitrogen and oxygen atoms in total. The van der Waals surface area contributed by atoms with E-state index in [4.69, 9.17) is 11.0 Å². The van der Waals surface area contributed by atoms with Crippen molar-refractivity contribution in [3.63, 3.8) is 0 Å². The molecule has 0 radical (unpaired) electrons. The second-order valence-electron chi connectivity index (χ2n) is 4.27. The van der Waals surface area contributed by atoms with E-state index in [1.165, 1.54) is 0 Å². The fourth-order valence-electron chi connectivity index (χ4n) is 1.51. The van der Waals surface area contributed by atoms with E-state index in [0.29, 0.717) is 12.2 Å². The van der Waals surface area contributed by atoms with Gasteiger partial charge in [-0.15, -0.1) is 0 Å². The highest BCUT2D eigenvalue weighted by molar-refractivity contribution is 6.06. The molecule has 1 aromatic carbocycles. The molecule has 0 bridgehead atoms. The van der Waals surface area contributed by atoms with Crippen LogP contribution in [-0.2, 0) is 11.3 Å². The first kappa shape index (κ1) is 15.2. The first-order valence-corrected chi connectivity index (χ1v) is 5.95. The Hall–Kier alpha value is -2.81. The minimum absolute atomic E-state index is 0.170. The highest BCUT2D eigenvalue weighted by Gasteiger charge is 2.14. The van der Waals surface area contributed by atoms with Crippen LogP contribution in [0.15, 0.2) is 35.5 Å². The number of aryl methyl sites for hydroxylation is 1. The van der Waals surface area contributed by atoms with Crippen LogP contribution in [0, 0.1) is 18.3 Å². The maximum absolute atomic E-state index is 11.5. The van der Waals surface area contributed by atoms with E-state index >= 15 is 0 Å². The number of carbonyl (C=O) groups excluding carboxylic acids is 2. The largest absolute Gasteiger partial charge is 0.383 e. The first-order valence-electron chi connectivity index (χ1n) is 5.95. The van der Waals surface area contributed by atoms with Gasteiger partial charge in [0.05, 0.1) is 0 Å². The van der Waals surface area contributed by atoms with E-state index in [9.17, 15) is 9.59 Å². The number of allylic oxidation sites excluding steroid dienone is 1. The zero-order valence-electron chi connectivity index (χ0n) is 11.4. The number of primary amides is 1. The Balaban J connectivity index is 2.75. The maximum atomic E-state index is 11.5. The van der Waals surface area contributed by atoms with Crippen molar-refractivity contribution in [2.45, 2.75) is 20.4 Å². The lowest BCUT2D eigenvalue weighted by molar-refractivity contribution is -0.116. The molecule has 0 saturated carbocycles. The van der Waals surface area contributed by atoms with E-state index in [0.717, 1.165) is 11.1 Å². The number of rotatable bonds is 4. The fraction of sp³-hybridized carbons (Fsp3) is 0.214. The van der Waals surface area contributed by atoms with Crippen LogP contribution in [0.1, 0.15) is 18.1 Å². The molecule has 104 valence electrons. The summed E-state index contributed by atoms with van der Waals surface area (Å²) in [5.41, 5.74) is 7.22. The Morgan fingerprint density at radius 2 is 1.90 bits per heavy atom. The van der Waals surface area contributed by atoms with Crippen molar-refractivity contribution in [3.8, 4) is 6.07 Å². The van der Waals surface area contributed by atoms with Gasteiger partial charge in [0.25, 0.3) is 5.91 Å². The fourth-order valence-corrected chi connectivity index (χ4v) is 1.51. The lowest BCUT2D eigenvalue weighted by atomic mass is 10.1. The van der Waals surface area contributed by atoms with Crippen molar-refractivity contribution in [1.82, 2.24) is 10.6 Å². The average Bonchev–Trinajstić information content (AvgIpc) is 2.38. The van der Waals surface area contributed by atoms with Crippen molar-refractivity contribution in [1.29, 1.82) is 5.26 Å². The van der Waals surface area contributed by atoms with Gasteiger partial charge in [0.15, 0.2) is 0 Å². The summed E-state index contributed by atoms with van der Waals surface area (Å²) in [6.07, 6.45) is 0. The lowest BCUT2D eigenvalue weighted by Gasteiger charge is -2.09. The summed E-state index contributed by atoms with van der Waals surface area (Å²) >= 11 is 0. The quantitative estimate of drug-likeness (QED) is 0.563. The van der Waals surface area contributed by atoms with Crippen molar-refractivity contribution in [3.05, 3.63) is 46.7 Å². The van der Waals surface area contributed by atoms with Gasteiger partial charge in [-0.05, 0) is 19.4 Å². The minimum Gasteiger partial charge on any atom is -0.383 e. The Morgan fingerprint density at radius 1 is 1.30 bits per heavy atom. The molecule has 0 aliphatic rings. The van der Waals surface area contributed by atoms with Gasteiger partial charge in [0, 0.05) is 12.2 Å². The van der Waals surface area contributed by atoms with Crippen LogP contribution in [0.2, 0.25) is 0 Å². The van der Waals surface area contributed by atoms with Crippen molar-refractivity contribution < 1.29 is 9.59 Å². The molecule has 0 aliphatic carbocycles. The van der Waals surface area contributed by atoms with Crippen LogP contribution in [-0.4, -0.2) is 11.9 Å². The van der Waals surface area contributed by atoms with E-state index in [1.54, 1.807) is 13.0 Å². The second-order valence-corrected chi connectivity index (χ2v) is 4.27. The number of imide groups is 1. The molecule has 4 N–H and O–H groups in total. The third-order valence-corrected chi connectivity index (χ3v) is 2.63. The summed E-state index contributed by atoms with van der Waals surface area (Å²) in [7, 11) is 0. The van der Waals surface area contributed by atoms with Crippen molar-refractivity contribution in [2.24, 2.45) is 5.73 Å². The van der Waals surface area contributed by atoms with Gasteiger partial charge in [-0.3, -0.25) is 10.1 Å². The Labute approximate surface area is 117 Å². The maximum Gasteiger partial charge on any atom is 0.319 e.